The lowest BCUT2D eigenvalue weighted by molar-refractivity contribution is -0.385. The number of halogens is 1. The highest BCUT2D eigenvalue weighted by molar-refractivity contribution is 5.80. The van der Waals surface area contributed by atoms with E-state index in [2.05, 4.69) is 5.10 Å². The van der Waals surface area contributed by atoms with E-state index in [1.165, 1.54) is 4.68 Å². The summed E-state index contributed by atoms with van der Waals surface area (Å²) in [7, 11) is 0. The van der Waals surface area contributed by atoms with Crippen LogP contribution in [-0.2, 0) is 11.3 Å². The summed E-state index contributed by atoms with van der Waals surface area (Å²) in [4.78, 5) is 34.0. The van der Waals surface area contributed by atoms with E-state index in [0.29, 0.717) is 10.9 Å². The number of nitrogens with zero attached hydrogens (tertiary/aromatic N) is 3. The van der Waals surface area contributed by atoms with E-state index in [1.54, 1.807) is 24.3 Å². The number of hydrogen-bond acceptors (Lipinski definition) is 6. The monoisotopic (exact) mass is 343 g/mol. The van der Waals surface area contributed by atoms with Gasteiger partial charge in [0.15, 0.2) is 0 Å². The van der Waals surface area contributed by atoms with Crippen LogP contribution in [-0.4, -0.2) is 20.7 Å². The molecule has 0 spiro atoms. The molecule has 0 N–H and O–H groups in total. The summed E-state index contributed by atoms with van der Waals surface area (Å²) in [6.07, 6.45) is 1.06. The van der Waals surface area contributed by atoms with Crippen molar-refractivity contribution in [3.63, 3.8) is 0 Å². The average Bonchev–Trinajstić information content (AvgIpc) is 2.57. The Hall–Kier alpha value is -3.62. The van der Waals surface area contributed by atoms with Crippen LogP contribution in [0.15, 0.2) is 53.5 Å². The van der Waals surface area contributed by atoms with Gasteiger partial charge in [-0.25, -0.2) is 9.18 Å². The van der Waals surface area contributed by atoms with Crippen LogP contribution in [0.4, 0.5) is 10.1 Å². The normalized spacial score (nSPS) is 10.6. The molecule has 2 aromatic carbocycles. The number of carbonyl (C=O) groups is 1. The lowest BCUT2D eigenvalue weighted by Gasteiger charge is -2.09. The van der Waals surface area contributed by atoms with E-state index in [4.69, 9.17) is 4.74 Å². The quantitative estimate of drug-likeness (QED) is 0.311. The van der Waals surface area contributed by atoms with Crippen LogP contribution in [0.2, 0.25) is 0 Å². The molecule has 0 amide bonds. The van der Waals surface area contributed by atoms with E-state index >= 15 is 0 Å². The minimum atomic E-state index is -0.894. The van der Waals surface area contributed by atoms with Gasteiger partial charge in [0.1, 0.15) is 12.4 Å². The second-order valence-corrected chi connectivity index (χ2v) is 5.03. The summed E-state index contributed by atoms with van der Waals surface area (Å²) >= 11 is 0. The summed E-state index contributed by atoms with van der Waals surface area (Å²) < 4.78 is 19.4. The van der Waals surface area contributed by atoms with E-state index < -0.39 is 34.7 Å². The van der Waals surface area contributed by atoms with E-state index in [0.717, 1.165) is 24.4 Å². The number of para-hydroxylation sites is 1. The predicted molar refractivity (Wildman–Crippen MR) is 84.7 cm³/mol. The number of carbonyl (C=O) groups excluding carboxylic acids is 1. The van der Waals surface area contributed by atoms with Crippen molar-refractivity contribution in [2.24, 2.45) is 0 Å². The van der Waals surface area contributed by atoms with Crippen molar-refractivity contribution in [3.8, 4) is 5.75 Å². The van der Waals surface area contributed by atoms with Crippen molar-refractivity contribution in [3.05, 3.63) is 74.8 Å². The third kappa shape index (κ3) is 3.34. The number of fused-ring (bicyclic) bond motifs is 1. The fourth-order valence-electron chi connectivity index (χ4n) is 2.28. The third-order valence-corrected chi connectivity index (χ3v) is 3.38. The smallest absolute Gasteiger partial charge is 0.333 e. The number of esters is 1. The minimum absolute atomic E-state index is 0.305. The highest BCUT2D eigenvalue weighted by Gasteiger charge is 2.19. The molecular weight excluding hydrogens is 333 g/mol. The number of rotatable bonds is 4. The van der Waals surface area contributed by atoms with Gasteiger partial charge in [0.25, 0.3) is 0 Å². The van der Waals surface area contributed by atoms with Crippen LogP contribution < -0.4 is 10.2 Å². The largest absolute Gasteiger partial charge is 0.418 e. The second-order valence-electron chi connectivity index (χ2n) is 5.03. The Labute approximate surface area is 139 Å². The lowest BCUT2D eigenvalue weighted by Crippen LogP contribution is -2.21. The Morgan fingerprint density at radius 3 is 2.80 bits per heavy atom. The van der Waals surface area contributed by atoms with Gasteiger partial charge in [-0.15, -0.1) is 0 Å². The van der Waals surface area contributed by atoms with Gasteiger partial charge in [0, 0.05) is 17.5 Å². The van der Waals surface area contributed by atoms with E-state index in [9.17, 15) is 24.1 Å². The summed E-state index contributed by atoms with van der Waals surface area (Å²) in [5, 5.41) is 15.1. The van der Waals surface area contributed by atoms with E-state index in [1.807, 2.05) is 0 Å². The Balaban J connectivity index is 1.90. The first-order valence-electron chi connectivity index (χ1n) is 7.05. The van der Waals surface area contributed by atoms with Crippen molar-refractivity contribution >= 4 is 22.6 Å². The molecule has 0 aliphatic rings. The van der Waals surface area contributed by atoms with Crippen LogP contribution in [0.1, 0.15) is 0 Å². The summed E-state index contributed by atoms with van der Waals surface area (Å²) in [6.45, 7) is -0.408. The molecule has 0 bridgehead atoms. The van der Waals surface area contributed by atoms with Gasteiger partial charge in [0.2, 0.25) is 11.2 Å². The van der Waals surface area contributed by atoms with Gasteiger partial charge in [-0.2, -0.15) is 5.10 Å². The van der Waals surface area contributed by atoms with Gasteiger partial charge in [-0.1, -0.05) is 12.1 Å². The maximum absolute atomic E-state index is 13.3. The van der Waals surface area contributed by atoms with Crippen molar-refractivity contribution in [2.45, 2.75) is 6.54 Å². The topological polar surface area (TPSA) is 104 Å². The number of ether oxygens (including phenoxy) is 1. The molecule has 0 saturated heterocycles. The van der Waals surface area contributed by atoms with Gasteiger partial charge in [-0.05, 0) is 18.2 Å². The average molecular weight is 343 g/mol. The molecule has 0 unspecified atom stereocenters. The first-order valence-corrected chi connectivity index (χ1v) is 7.05. The van der Waals surface area contributed by atoms with Crippen molar-refractivity contribution in [1.29, 1.82) is 0 Å². The molecule has 3 rings (SSSR count). The zero-order valence-corrected chi connectivity index (χ0v) is 12.6. The van der Waals surface area contributed by atoms with Gasteiger partial charge < -0.3 is 4.74 Å². The Kier molecular flexibility index (Phi) is 4.21. The molecule has 8 nitrogen and oxygen atoms in total. The first kappa shape index (κ1) is 16.2. The fraction of sp³-hybridized carbons (Fsp3) is 0.0625. The molecule has 0 fully saturated rings. The van der Waals surface area contributed by atoms with Crippen LogP contribution in [0.25, 0.3) is 10.9 Å². The van der Waals surface area contributed by atoms with Crippen molar-refractivity contribution in [1.82, 2.24) is 9.78 Å². The first-order chi connectivity index (χ1) is 12.0. The maximum atomic E-state index is 13.3. The SMILES string of the molecule is O=C(Cn1ncc(=O)c2ccccc21)Oc1cc(F)ccc1[N+](=O)[O-]. The van der Waals surface area contributed by atoms with Crippen molar-refractivity contribution < 1.29 is 18.8 Å². The third-order valence-electron chi connectivity index (χ3n) is 3.38. The molecule has 1 heterocycles. The number of benzene rings is 2. The zero-order chi connectivity index (χ0) is 18.0. The predicted octanol–water partition coefficient (Wildman–Crippen LogP) is 2.05. The van der Waals surface area contributed by atoms with E-state index in [-0.39, 0.29) is 5.43 Å². The molecular formula is C16H10FN3O5. The molecule has 126 valence electrons. The van der Waals surface area contributed by atoms with Gasteiger partial charge in [-0.3, -0.25) is 19.6 Å². The molecule has 0 aliphatic carbocycles. The lowest BCUT2D eigenvalue weighted by atomic mass is 10.2. The number of nitro benzene ring substituents is 1. The maximum Gasteiger partial charge on any atom is 0.333 e. The Morgan fingerprint density at radius 2 is 2.04 bits per heavy atom. The van der Waals surface area contributed by atoms with Crippen LogP contribution in [0.5, 0.6) is 5.75 Å². The van der Waals surface area contributed by atoms with Crippen LogP contribution >= 0.6 is 0 Å². The molecule has 0 atom stereocenters. The highest BCUT2D eigenvalue weighted by Crippen LogP contribution is 2.27. The number of nitro groups is 1. The summed E-state index contributed by atoms with van der Waals surface area (Å²) in [5.74, 6) is -2.17. The van der Waals surface area contributed by atoms with Gasteiger partial charge >= 0.3 is 11.7 Å². The molecule has 25 heavy (non-hydrogen) atoms. The fourth-order valence-corrected chi connectivity index (χ4v) is 2.28. The summed E-state index contributed by atoms with van der Waals surface area (Å²) in [6, 6.07) is 9.08. The van der Waals surface area contributed by atoms with Gasteiger partial charge in [0.05, 0.1) is 16.6 Å². The highest BCUT2D eigenvalue weighted by atomic mass is 19.1. The Bertz CT molecular complexity index is 1050. The standard InChI is InChI=1S/C16H10FN3O5/c17-10-5-6-13(20(23)24)15(7-10)25-16(22)9-19-12-4-2-1-3-11(12)14(21)8-18-19/h1-8H,9H2. The van der Waals surface area contributed by atoms with Crippen LogP contribution in [0.3, 0.4) is 0 Å². The number of aromatic nitrogens is 2. The summed E-state index contributed by atoms with van der Waals surface area (Å²) in [5.41, 5.74) is -0.436. The zero-order valence-electron chi connectivity index (χ0n) is 12.6. The molecule has 0 aliphatic heterocycles. The van der Waals surface area contributed by atoms with Crippen molar-refractivity contribution in [2.75, 3.05) is 0 Å². The minimum Gasteiger partial charge on any atom is -0.418 e. The Morgan fingerprint density at radius 1 is 1.28 bits per heavy atom. The molecule has 1 aromatic heterocycles. The van der Waals surface area contributed by atoms with Crippen LogP contribution in [0, 0.1) is 15.9 Å². The molecule has 0 saturated carbocycles. The number of hydrogen-bond donors (Lipinski definition) is 0. The molecule has 3 aromatic rings. The molecule has 9 heteroatoms. The molecule has 0 radical (unpaired) electrons. The second kappa shape index (κ2) is 6.48.